The minimum Gasteiger partial charge on any atom is -0.458 e. The van der Waals surface area contributed by atoms with Crippen molar-refractivity contribution < 1.29 is 33.7 Å². The number of nitrogens with zero attached hydrogens (tertiary/aromatic N) is 1. The second-order valence-corrected chi connectivity index (χ2v) is 8.32. The van der Waals surface area contributed by atoms with E-state index >= 15 is 0 Å². The third-order valence-electron chi connectivity index (χ3n) is 3.80. The molecule has 1 N–H and O–H groups in total. The number of ether oxygens (including phenoxy) is 3. The average Bonchev–Trinajstić information content (AvgIpc) is 2.52. The molecule has 0 radical (unpaired) electrons. The predicted octanol–water partition coefficient (Wildman–Crippen LogP) is 1.68. The Balaban J connectivity index is 2.54. The number of hydrogen-bond acceptors (Lipinski definition) is 9. The number of rotatable bonds is 4. The molecule has 0 unspecified atom stereocenters. The summed E-state index contributed by atoms with van der Waals surface area (Å²) in [5, 5.41) is 11.5. The molecule has 1 saturated heterocycles. The smallest absolute Gasteiger partial charge is 0.303 e. The summed E-state index contributed by atoms with van der Waals surface area (Å²) in [7, 11) is 0. The fourth-order valence-corrected chi connectivity index (χ4v) is 5.29. The quantitative estimate of drug-likeness (QED) is 0.281. The molecule has 0 aliphatic carbocycles. The minimum absolute atomic E-state index is 0.135. The van der Waals surface area contributed by atoms with Crippen molar-refractivity contribution in [3.63, 3.8) is 0 Å². The zero-order valence-corrected chi connectivity index (χ0v) is 18.2. The molecular weight excluding hydrogens is 489 g/mol. The Morgan fingerprint density at radius 3 is 2.26 bits per heavy atom. The second kappa shape index (κ2) is 8.74. The molecule has 4 atom stereocenters. The highest BCUT2D eigenvalue weighted by atomic mass is 127. The van der Waals surface area contributed by atoms with Crippen LogP contribution in [0.2, 0.25) is 0 Å². The zero-order chi connectivity index (χ0) is 20.4. The largest absolute Gasteiger partial charge is 0.458 e. The van der Waals surface area contributed by atoms with E-state index in [1.807, 2.05) is 29.5 Å². The molecule has 0 aromatic carbocycles. The highest BCUT2D eigenvalue weighted by Gasteiger charge is 2.56. The second-order valence-electron chi connectivity index (χ2n) is 6.05. The Hall–Kier alpha value is -1.40. The van der Waals surface area contributed by atoms with E-state index in [1.54, 1.807) is 12.1 Å². The van der Waals surface area contributed by atoms with E-state index in [0.29, 0.717) is 9.26 Å². The molecule has 1 aromatic rings. The Morgan fingerprint density at radius 2 is 1.74 bits per heavy atom. The van der Waals surface area contributed by atoms with Gasteiger partial charge in [-0.25, -0.2) is 4.98 Å². The summed E-state index contributed by atoms with van der Waals surface area (Å²) in [5.74, 6) is -1.76. The molecule has 2 heterocycles. The summed E-state index contributed by atoms with van der Waals surface area (Å²) in [5.41, 5.74) is 1.18. The Labute approximate surface area is 174 Å². The predicted molar refractivity (Wildman–Crippen MR) is 105 cm³/mol. The van der Waals surface area contributed by atoms with Crippen LogP contribution >= 0.6 is 34.4 Å². The number of aliphatic hydroxyl groups is 1. The van der Waals surface area contributed by atoms with E-state index in [2.05, 4.69) is 4.98 Å². The first-order valence-electron chi connectivity index (χ1n) is 8.06. The van der Waals surface area contributed by atoms with Crippen molar-refractivity contribution >= 4 is 52.3 Å². The summed E-state index contributed by atoms with van der Waals surface area (Å²) in [4.78, 5) is 37.4. The first kappa shape index (κ1) is 21.9. The van der Waals surface area contributed by atoms with E-state index in [-0.39, 0.29) is 5.75 Å². The number of pyridine rings is 1. The number of carbonyl (C=O) groups is 3. The maximum absolute atomic E-state index is 11.7. The molecule has 0 bridgehead atoms. The van der Waals surface area contributed by atoms with Gasteiger partial charge in [0.25, 0.3) is 0 Å². The molecule has 0 amide bonds. The van der Waals surface area contributed by atoms with Crippen molar-refractivity contribution in [2.24, 2.45) is 0 Å². The molecule has 1 aliphatic heterocycles. The highest BCUT2D eigenvalue weighted by molar-refractivity contribution is 14.1. The van der Waals surface area contributed by atoms with Crippen LogP contribution in [0.15, 0.2) is 12.1 Å². The van der Waals surface area contributed by atoms with E-state index in [4.69, 9.17) is 14.2 Å². The lowest BCUT2D eigenvalue weighted by Gasteiger charge is -2.45. The fourth-order valence-electron chi connectivity index (χ4n) is 2.80. The highest BCUT2D eigenvalue weighted by Crippen LogP contribution is 2.47. The van der Waals surface area contributed by atoms with Crippen molar-refractivity contribution in [3.8, 4) is 0 Å². The fraction of sp³-hybridized carbons (Fsp3) is 0.529. The van der Waals surface area contributed by atoms with Crippen molar-refractivity contribution in [1.29, 1.82) is 0 Å². The van der Waals surface area contributed by atoms with Gasteiger partial charge in [-0.1, -0.05) is 6.07 Å². The Kier molecular flexibility index (Phi) is 7.09. The van der Waals surface area contributed by atoms with Gasteiger partial charge in [0.2, 0.25) is 0 Å². The van der Waals surface area contributed by atoms with E-state index in [1.165, 1.54) is 20.8 Å². The lowest BCUT2D eigenvalue weighted by molar-refractivity contribution is -0.197. The third kappa shape index (κ3) is 5.11. The monoisotopic (exact) mass is 509 g/mol. The number of thioether (sulfide) groups is 1. The number of esters is 3. The molecule has 2 rings (SSSR count). The van der Waals surface area contributed by atoms with Crippen LogP contribution in [0, 0.1) is 10.6 Å². The van der Waals surface area contributed by atoms with Crippen LogP contribution in [0.25, 0.3) is 0 Å². The molecule has 8 nitrogen and oxygen atoms in total. The molecule has 148 valence electrons. The summed E-state index contributed by atoms with van der Waals surface area (Å²) in [6.07, 6.45) is -3.34. The first-order chi connectivity index (χ1) is 12.5. The van der Waals surface area contributed by atoms with E-state index in [0.717, 1.165) is 17.5 Å². The minimum atomic E-state index is -1.74. The van der Waals surface area contributed by atoms with Crippen molar-refractivity contribution in [3.05, 3.63) is 27.1 Å². The number of aryl methyl sites for hydroxylation is 1. The summed E-state index contributed by atoms with van der Waals surface area (Å²) < 4.78 is 16.4. The van der Waals surface area contributed by atoms with Crippen LogP contribution in [0.3, 0.4) is 0 Å². The Bertz CT molecular complexity index is 759. The van der Waals surface area contributed by atoms with Gasteiger partial charge in [-0.2, -0.15) is 0 Å². The summed E-state index contributed by atoms with van der Waals surface area (Å²) in [6, 6.07) is 3.41. The van der Waals surface area contributed by atoms with Gasteiger partial charge in [-0.15, -0.1) is 11.8 Å². The van der Waals surface area contributed by atoms with Gasteiger partial charge in [-0.05, 0) is 35.6 Å². The number of halogens is 1. The van der Waals surface area contributed by atoms with Crippen LogP contribution in [0.1, 0.15) is 32.0 Å². The van der Waals surface area contributed by atoms with Crippen LogP contribution in [-0.2, 0) is 33.5 Å². The van der Waals surface area contributed by atoms with Crippen LogP contribution < -0.4 is 0 Å². The van der Waals surface area contributed by atoms with Gasteiger partial charge in [-0.3, -0.25) is 14.4 Å². The standard InChI is InChI=1S/C17H20INO7S/c1-8-5-6-12(16(18)19-8)17(23)15(26-11(4)22)14(25-10(3)21)13(7-27-17)24-9(2)20/h5-6,13-15,23H,7H2,1-4H3/t13-,14+,15-,17-/m1/s1. The molecule has 10 heteroatoms. The SMILES string of the molecule is CC(=O)O[C@@H]1[C@@H](OC(C)=O)[C@@](O)(c2ccc(C)nc2I)SC[C@H]1OC(C)=O. The lowest BCUT2D eigenvalue weighted by atomic mass is 9.96. The van der Waals surface area contributed by atoms with Crippen LogP contribution in [-0.4, -0.2) is 52.1 Å². The normalized spacial score (nSPS) is 27.6. The van der Waals surface area contributed by atoms with Crippen molar-refractivity contribution in [2.45, 2.75) is 50.9 Å². The summed E-state index contributed by atoms with van der Waals surface area (Å²) >= 11 is 3.02. The average molecular weight is 509 g/mol. The lowest BCUT2D eigenvalue weighted by Crippen LogP contribution is -2.59. The van der Waals surface area contributed by atoms with E-state index in [9.17, 15) is 19.5 Å². The first-order valence-corrected chi connectivity index (χ1v) is 10.1. The molecule has 27 heavy (non-hydrogen) atoms. The van der Waals surface area contributed by atoms with Crippen LogP contribution in [0.5, 0.6) is 0 Å². The van der Waals surface area contributed by atoms with Gasteiger partial charge in [0.1, 0.15) is 3.70 Å². The number of aromatic nitrogens is 1. The topological polar surface area (TPSA) is 112 Å². The molecule has 0 spiro atoms. The number of hydrogen-bond donors (Lipinski definition) is 1. The molecule has 0 saturated carbocycles. The van der Waals surface area contributed by atoms with E-state index < -0.39 is 41.2 Å². The molecule has 1 fully saturated rings. The molecular formula is C17H20INO7S. The van der Waals surface area contributed by atoms with Gasteiger partial charge >= 0.3 is 17.9 Å². The van der Waals surface area contributed by atoms with Gasteiger partial charge in [0.05, 0.1) is 0 Å². The maximum Gasteiger partial charge on any atom is 0.303 e. The summed E-state index contributed by atoms with van der Waals surface area (Å²) in [6.45, 7) is 5.41. The van der Waals surface area contributed by atoms with Gasteiger partial charge in [0, 0.05) is 37.8 Å². The molecule has 1 aromatic heterocycles. The third-order valence-corrected chi connectivity index (χ3v) is 6.01. The maximum atomic E-state index is 11.7. The van der Waals surface area contributed by atoms with Gasteiger partial charge in [0.15, 0.2) is 23.2 Å². The Morgan fingerprint density at radius 1 is 1.15 bits per heavy atom. The molecule has 1 aliphatic rings. The zero-order valence-electron chi connectivity index (χ0n) is 15.2. The number of carbonyl (C=O) groups excluding carboxylic acids is 3. The van der Waals surface area contributed by atoms with Gasteiger partial charge < -0.3 is 19.3 Å². The van der Waals surface area contributed by atoms with Crippen LogP contribution in [0.4, 0.5) is 0 Å². The van der Waals surface area contributed by atoms with Crippen molar-refractivity contribution in [1.82, 2.24) is 4.98 Å². The van der Waals surface area contributed by atoms with Crippen molar-refractivity contribution in [2.75, 3.05) is 5.75 Å².